The second kappa shape index (κ2) is 7.94. The smallest absolute Gasteiger partial charge is 0.279 e. The van der Waals surface area contributed by atoms with Crippen molar-refractivity contribution in [3.63, 3.8) is 0 Å². The lowest BCUT2D eigenvalue weighted by atomic mass is 9.98. The van der Waals surface area contributed by atoms with E-state index in [0.717, 1.165) is 24.2 Å². The Labute approximate surface area is 133 Å². The maximum atomic E-state index is 11.9. The molecule has 6 heteroatoms. The van der Waals surface area contributed by atoms with Gasteiger partial charge in [0.25, 0.3) is 10.2 Å². The molecule has 1 fully saturated rings. The molecule has 1 aromatic rings. The summed E-state index contributed by atoms with van der Waals surface area (Å²) in [7, 11) is -1.83. The first-order valence-corrected chi connectivity index (χ1v) is 9.42. The predicted octanol–water partition coefficient (Wildman–Crippen LogP) is 2.68. The Morgan fingerprint density at radius 2 is 1.82 bits per heavy atom. The SMILES string of the molecule is CCN(C)S(=O)(=O)NCc1ccc(OC2CCCCC2)cc1. The number of nitrogens with zero attached hydrogens (tertiary/aromatic N) is 1. The molecular formula is C16H26N2O3S. The lowest BCUT2D eigenvalue weighted by Crippen LogP contribution is -2.37. The van der Waals surface area contributed by atoms with Crippen LogP contribution in [0.2, 0.25) is 0 Å². The second-order valence-corrected chi connectivity index (χ2v) is 7.62. The summed E-state index contributed by atoms with van der Waals surface area (Å²) >= 11 is 0. The van der Waals surface area contributed by atoms with Gasteiger partial charge in [0.2, 0.25) is 0 Å². The van der Waals surface area contributed by atoms with Crippen LogP contribution in [0.5, 0.6) is 5.75 Å². The van der Waals surface area contributed by atoms with Crippen LogP contribution in [0.25, 0.3) is 0 Å². The van der Waals surface area contributed by atoms with Gasteiger partial charge in [0.15, 0.2) is 0 Å². The minimum Gasteiger partial charge on any atom is -0.490 e. The zero-order valence-corrected chi connectivity index (χ0v) is 14.2. The molecule has 0 atom stereocenters. The first-order valence-electron chi connectivity index (χ1n) is 7.98. The minimum atomic E-state index is -3.39. The summed E-state index contributed by atoms with van der Waals surface area (Å²) in [6.07, 6.45) is 6.39. The summed E-state index contributed by atoms with van der Waals surface area (Å²) in [5, 5.41) is 0. The maximum absolute atomic E-state index is 11.9. The number of benzene rings is 1. The van der Waals surface area contributed by atoms with Crippen molar-refractivity contribution in [3.8, 4) is 5.75 Å². The van der Waals surface area contributed by atoms with Gasteiger partial charge >= 0.3 is 0 Å². The first kappa shape index (κ1) is 17.2. The zero-order chi connectivity index (χ0) is 16.0. The molecule has 0 radical (unpaired) electrons. The lowest BCUT2D eigenvalue weighted by Gasteiger charge is -2.23. The summed E-state index contributed by atoms with van der Waals surface area (Å²) in [6, 6.07) is 7.66. The van der Waals surface area contributed by atoms with Crippen LogP contribution in [0, 0.1) is 0 Å². The topological polar surface area (TPSA) is 58.6 Å². The first-order chi connectivity index (χ1) is 10.5. The van der Waals surface area contributed by atoms with Crippen LogP contribution in [-0.2, 0) is 16.8 Å². The van der Waals surface area contributed by atoms with Gasteiger partial charge in [0.1, 0.15) is 5.75 Å². The zero-order valence-electron chi connectivity index (χ0n) is 13.4. The fourth-order valence-corrected chi connectivity index (χ4v) is 3.43. The second-order valence-electron chi connectivity index (χ2n) is 5.76. The summed E-state index contributed by atoms with van der Waals surface area (Å²) in [4.78, 5) is 0. The highest BCUT2D eigenvalue weighted by atomic mass is 32.2. The molecule has 1 N–H and O–H groups in total. The Morgan fingerprint density at radius 1 is 1.18 bits per heavy atom. The third-order valence-corrected chi connectivity index (χ3v) is 5.68. The molecule has 0 aliphatic heterocycles. The largest absolute Gasteiger partial charge is 0.490 e. The molecule has 1 aliphatic rings. The van der Waals surface area contributed by atoms with Gasteiger partial charge in [-0.05, 0) is 43.4 Å². The number of nitrogens with one attached hydrogen (secondary N) is 1. The van der Waals surface area contributed by atoms with Gasteiger partial charge in [-0.2, -0.15) is 17.4 Å². The summed E-state index contributed by atoms with van der Waals surface area (Å²) in [6.45, 7) is 2.54. The number of hydrogen-bond acceptors (Lipinski definition) is 3. The van der Waals surface area contributed by atoms with Crippen molar-refractivity contribution in [1.29, 1.82) is 0 Å². The van der Waals surface area contributed by atoms with Crippen LogP contribution in [-0.4, -0.2) is 32.4 Å². The van der Waals surface area contributed by atoms with Gasteiger partial charge in [-0.3, -0.25) is 0 Å². The van der Waals surface area contributed by atoms with Crippen LogP contribution < -0.4 is 9.46 Å². The van der Waals surface area contributed by atoms with E-state index < -0.39 is 10.2 Å². The van der Waals surface area contributed by atoms with Crippen LogP contribution in [0.3, 0.4) is 0 Å². The van der Waals surface area contributed by atoms with Gasteiger partial charge in [0, 0.05) is 20.1 Å². The van der Waals surface area contributed by atoms with Gasteiger partial charge in [-0.1, -0.05) is 25.5 Å². The fraction of sp³-hybridized carbons (Fsp3) is 0.625. The molecular weight excluding hydrogens is 300 g/mol. The Kier molecular flexibility index (Phi) is 6.23. The molecule has 0 bridgehead atoms. The van der Waals surface area contributed by atoms with Crippen molar-refractivity contribution >= 4 is 10.2 Å². The number of hydrogen-bond donors (Lipinski definition) is 1. The van der Waals surface area contributed by atoms with Gasteiger partial charge < -0.3 is 4.74 Å². The molecule has 0 saturated heterocycles. The minimum absolute atomic E-state index is 0.288. The standard InChI is InChI=1S/C16H26N2O3S/c1-3-18(2)22(19,20)17-13-14-9-11-16(12-10-14)21-15-7-5-4-6-8-15/h9-12,15,17H,3-8,13H2,1-2H3. The molecule has 0 heterocycles. The predicted molar refractivity (Wildman–Crippen MR) is 88.0 cm³/mol. The molecule has 2 rings (SSSR count). The van der Waals surface area contributed by atoms with Gasteiger partial charge in [0.05, 0.1) is 6.10 Å². The van der Waals surface area contributed by atoms with E-state index in [9.17, 15) is 8.42 Å². The molecule has 0 unspecified atom stereocenters. The average Bonchev–Trinajstić information content (AvgIpc) is 2.54. The molecule has 1 saturated carbocycles. The molecule has 22 heavy (non-hydrogen) atoms. The van der Waals surface area contributed by atoms with E-state index in [2.05, 4.69) is 4.72 Å². The van der Waals surface area contributed by atoms with Crippen molar-refractivity contribution in [1.82, 2.24) is 9.03 Å². The van der Waals surface area contributed by atoms with Crippen molar-refractivity contribution < 1.29 is 13.2 Å². The van der Waals surface area contributed by atoms with Crippen LogP contribution in [0.4, 0.5) is 0 Å². The van der Waals surface area contributed by atoms with Crippen LogP contribution >= 0.6 is 0 Å². The van der Waals surface area contributed by atoms with Crippen molar-refractivity contribution in [2.75, 3.05) is 13.6 Å². The fourth-order valence-electron chi connectivity index (χ4n) is 2.52. The van der Waals surface area contributed by atoms with Gasteiger partial charge in [-0.15, -0.1) is 0 Å². The molecule has 1 aromatic carbocycles. The Bertz CT molecular complexity index is 551. The van der Waals surface area contributed by atoms with Crippen molar-refractivity contribution in [2.24, 2.45) is 0 Å². The normalized spacial score (nSPS) is 16.9. The van der Waals surface area contributed by atoms with E-state index in [1.807, 2.05) is 24.3 Å². The summed E-state index contributed by atoms with van der Waals surface area (Å²) in [5.74, 6) is 0.865. The van der Waals surface area contributed by atoms with E-state index in [0.29, 0.717) is 12.6 Å². The third kappa shape index (κ3) is 4.97. The Hall–Kier alpha value is -1.11. The summed E-state index contributed by atoms with van der Waals surface area (Å²) in [5.41, 5.74) is 0.920. The molecule has 1 aliphatic carbocycles. The monoisotopic (exact) mass is 326 g/mol. The molecule has 5 nitrogen and oxygen atoms in total. The molecule has 124 valence electrons. The molecule has 0 aromatic heterocycles. The highest BCUT2D eigenvalue weighted by molar-refractivity contribution is 7.87. The number of ether oxygens (including phenoxy) is 1. The molecule has 0 spiro atoms. The quantitative estimate of drug-likeness (QED) is 0.838. The van der Waals surface area contributed by atoms with Crippen LogP contribution in [0.1, 0.15) is 44.6 Å². The summed E-state index contributed by atoms with van der Waals surface area (Å²) < 4.78 is 33.5. The highest BCUT2D eigenvalue weighted by Gasteiger charge is 2.16. The average molecular weight is 326 g/mol. The van der Waals surface area contributed by atoms with Crippen LogP contribution in [0.15, 0.2) is 24.3 Å². The van der Waals surface area contributed by atoms with E-state index >= 15 is 0 Å². The third-order valence-electron chi connectivity index (χ3n) is 4.09. The van der Waals surface area contributed by atoms with Crippen molar-refractivity contribution in [3.05, 3.63) is 29.8 Å². The maximum Gasteiger partial charge on any atom is 0.279 e. The lowest BCUT2D eigenvalue weighted by molar-refractivity contribution is 0.155. The Morgan fingerprint density at radius 3 is 2.41 bits per heavy atom. The van der Waals surface area contributed by atoms with Crippen molar-refractivity contribution in [2.45, 2.75) is 51.7 Å². The Balaban J connectivity index is 1.86. The van der Waals surface area contributed by atoms with E-state index in [1.165, 1.54) is 23.6 Å². The van der Waals surface area contributed by atoms with E-state index in [4.69, 9.17) is 4.74 Å². The van der Waals surface area contributed by atoms with Gasteiger partial charge in [-0.25, -0.2) is 0 Å². The number of rotatable bonds is 7. The van der Waals surface area contributed by atoms with E-state index in [-0.39, 0.29) is 6.54 Å². The van der Waals surface area contributed by atoms with E-state index in [1.54, 1.807) is 14.0 Å². The molecule has 0 amide bonds. The highest BCUT2D eigenvalue weighted by Crippen LogP contribution is 2.23.